The van der Waals surface area contributed by atoms with Gasteiger partial charge in [0.25, 0.3) is 10.1 Å². The van der Waals surface area contributed by atoms with Gasteiger partial charge in [0.15, 0.2) is 0 Å². The molecule has 1 N–H and O–H groups in total. The van der Waals surface area contributed by atoms with Gasteiger partial charge >= 0.3 is 0 Å². The van der Waals surface area contributed by atoms with Gasteiger partial charge in [-0.2, -0.15) is 8.42 Å². The predicted molar refractivity (Wildman–Crippen MR) is 46.0 cm³/mol. The maximum Gasteiger partial charge on any atom is 0.294 e. The molecule has 1 aromatic heterocycles. The lowest BCUT2D eigenvalue weighted by Gasteiger charge is -1.95. The van der Waals surface area contributed by atoms with E-state index in [-0.39, 0.29) is 4.90 Å². The lowest BCUT2D eigenvalue weighted by atomic mass is 10.2. The fourth-order valence-electron chi connectivity index (χ4n) is 1.10. The van der Waals surface area contributed by atoms with E-state index in [1.807, 2.05) is 0 Å². The van der Waals surface area contributed by atoms with Crippen LogP contribution in [0, 0.1) is 0 Å². The Bertz CT molecular complexity index is 538. The lowest BCUT2D eigenvalue weighted by molar-refractivity contribution is 0.483. The van der Waals surface area contributed by atoms with Gasteiger partial charge in [-0.15, -0.1) is 0 Å². The van der Waals surface area contributed by atoms with Crippen molar-refractivity contribution in [3.05, 3.63) is 30.7 Å². The van der Waals surface area contributed by atoms with E-state index in [4.69, 9.17) is 8.97 Å². The van der Waals surface area contributed by atoms with Crippen molar-refractivity contribution in [2.45, 2.75) is 4.90 Å². The summed E-state index contributed by atoms with van der Waals surface area (Å²) in [4.78, 5) is -0.124. The predicted octanol–water partition coefficient (Wildman–Crippen LogP) is 1.68. The Kier molecular flexibility index (Phi) is 1.64. The van der Waals surface area contributed by atoms with Crippen molar-refractivity contribution in [1.82, 2.24) is 0 Å². The molecule has 0 radical (unpaired) electrons. The van der Waals surface area contributed by atoms with E-state index in [2.05, 4.69) is 0 Å². The summed E-state index contributed by atoms with van der Waals surface area (Å²) < 4.78 is 35.0. The quantitative estimate of drug-likeness (QED) is 0.708. The van der Waals surface area contributed by atoms with Crippen molar-refractivity contribution < 1.29 is 17.4 Å². The second kappa shape index (κ2) is 2.58. The molecule has 0 aliphatic rings. The monoisotopic (exact) mass is 198 g/mol. The zero-order valence-electron chi connectivity index (χ0n) is 6.47. The topological polar surface area (TPSA) is 67.5 Å². The zero-order valence-corrected chi connectivity index (χ0v) is 7.28. The molecule has 0 aliphatic heterocycles. The second-order valence-corrected chi connectivity index (χ2v) is 4.06. The molecule has 13 heavy (non-hydrogen) atoms. The average molecular weight is 198 g/mol. The first-order valence-corrected chi connectivity index (χ1v) is 4.95. The fraction of sp³-hybridized carbons (Fsp3) is 0. The molecule has 2 rings (SSSR count). The number of rotatable bonds is 1. The summed E-state index contributed by atoms with van der Waals surface area (Å²) in [7, 11) is -4.11. The second-order valence-electron chi connectivity index (χ2n) is 2.64. The molecular formula is C8H6O4S. The van der Waals surface area contributed by atoms with E-state index in [1.54, 1.807) is 6.07 Å². The minimum absolute atomic E-state index is 0.124. The van der Waals surface area contributed by atoms with Gasteiger partial charge in [-0.3, -0.25) is 4.55 Å². The van der Waals surface area contributed by atoms with Gasteiger partial charge in [-0.25, -0.2) is 0 Å². The first-order valence-electron chi connectivity index (χ1n) is 3.51. The van der Waals surface area contributed by atoms with Crippen molar-refractivity contribution in [2.24, 2.45) is 0 Å². The van der Waals surface area contributed by atoms with Gasteiger partial charge < -0.3 is 4.42 Å². The third-order valence-corrected chi connectivity index (χ3v) is 2.60. The normalized spacial score (nSPS) is 12.1. The molecule has 0 unspecified atom stereocenters. The first kappa shape index (κ1) is 8.28. The number of fused-ring (bicyclic) bond motifs is 1. The maximum absolute atomic E-state index is 10.7. The molecule has 4 nitrogen and oxygen atoms in total. The van der Waals surface area contributed by atoms with Crippen LogP contribution in [0.4, 0.5) is 0 Å². The van der Waals surface area contributed by atoms with E-state index in [0.717, 1.165) is 5.39 Å². The van der Waals surface area contributed by atoms with Crippen LogP contribution >= 0.6 is 0 Å². The van der Waals surface area contributed by atoms with Crippen LogP contribution in [0.5, 0.6) is 0 Å². The Morgan fingerprint density at radius 2 is 1.85 bits per heavy atom. The molecule has 0 aliphatic carbocycles. The number of hydrogen-bond acceptors (Lipinski definition) is 3. The van der Waals surface area contributed by atoms with E-state index in [1.165, 1.54) is 24.7 Å². The van der Waals surface area contributed by atoms with Gasteiger partial charge in [0.05, 0.1) is 17.4 Å². The van der Waals surface area contributed by atoms with E-state index >= 15 is 0 Å². The summed E-state index contributed by atoms with van der Waals surface area (Å²) >= 11 is 0. The smallest absolute Gasteiger partial charge is 0.294 e. The Balaban J connectivity index is 2.75. The Morgan fingerprint density at radius 1 is 1.15 bits per heavy atom. The highest BCUT2D eigenvalue weighted by Crippen LogP contribution is 2.19. The third-order valence-electron chi connectivity index (χ3n) is 1.75. The van der Waals surface area contributed by atoms with Gasteiger partial charge in [0, 0.05) is 10.8 Å². The van der Waals surface area contributed by atoms with Crippen LogP contribution in [-0.4, -0.2) is 13.0 Å². The summed E-state index contributed by atoms with van der Waals surface area (Å²) in [6, 6.07) is 4.25. The maximum atomic E-state index is 10.7. The van der Waals surface area contributed by atoms with Crippen LogP contribution in [0.2, 0.25) is 0 Å². The number of benzene rings is 1. The van der Waals surface area contributed by atoms with E-state index < -0.39 is 10.1 Å². The molecule has 0 spiro atoms. The highest BCUT2D eigenvalue weighted by molar-refractivity contribution is 7.85. The van der Waals surface area contributed by atoms with Crippen molar-refractivity contribution in [3.8, 4) is 0 Å². The van der Waals surface area contributed by atoms with Crippen molar-refractivity contribution in [1.29, 1.82) is 0 Å². The molecule has 0 amide bonds. The summed E-state index contributed by atoms with van der Waals surface area (Å²) in [5.74, 6) is 0. The van der Waals surface area contributed by atoms with Crippen molar-refractivity contribution in [3.63, 3.8) is 0 Å². The van der Waals surface area contributed by atoms with Crippen LogP contribution in [-0.2, 0) is 10.1 Å². The van der Waals surface area contributed by atoms with Crippen LogP contribution in [0.25, 0.3) is 10.8 Å². The molecule has 0 bridgehead atoms. The molecule has 0 atom stereocenters. The largest absolute Gasteiger partial charge is 0.471 e. The number of hydrogen-bond donors (Lipinski definition) is 1. The Morgan fingerprint density at radius 3 is 2.54 bits per heavy atom. The molecular weight excluding hydrogens is 192 g/mol. The number of furan rings is 1. The lowest BCUT2D eigenvalue weighted by Crippen LogP contribution is -1.96. The summed E-state index contributed by atoms with van der Waals surface area (Å²) in [6.45, 7) is 0. The van der Waals surface area contributed by atoms with E-state index in [0.29, 0.717) is 5.39 Å². The zero-order chi connectivity index (χ0) is 9.47. The van der Waals surface area contributed by atoms with Crippen LogP contribution in [0.3, 0.4) is 0 Å². The summed E-state index contributed by atoms with van der Waals surface area (Å²) in [6.07, 6.45) is 2.92. The molecule has 2 aromatic rings. The first-order chi connectivity index (χ1) is 6.07. The van der Waals surface area contributed by atoms with Crippen LogP contribution < -0.4 is 0 Å². The van der Waals surface area contributed by atoms with Crippen LogP contribution in [0.15, 0.2) is 40.0 Å². The molecule has 0 saturated heterocycles. The Hall–Kier alpha value is -1.33. The third kappa shape index (κ3) is 1.43. The van der Waals surface area contributed by atoms with Crippen molar-refractivity contribution >= 4 is 20.9 Å². The van der Waals surface area contributed by atoms with Gasteiger partial charge in [-0.05, 0) is 18.2 Å². The van der Waals surface area contributed by atoms with E-state index in [9.17, 15) is 8.42 Å². The summed E-state index contributed by atoms with van der Waals surface area (Å²) in [5.41, 5.74) is 0. The highest BCUT2D eigenvalue weighted by Gasteiger charge is 2.09. The Labute approximate surface area is 74.5 Å². The SMILES string of the molecule is O=S(=O)(O)c1ccc2cocc2c1. The van der Waals surface area contributed by atoms with Crippen molar-refractivity contribution in [2.75, 3.05) is 0 Å². The summed E-state index contributed by atoms with van der Waals surface area (Å²) in [5, 5.41) is 1.45. The average Bonchev–Trinajstić information content (AvgIpc) is 2.47. The van der Waals surface area contributed by atoms with Gasteiger partial charge in [0.1, 0.15) is 0 Å². The van der Waals surface area contributed by atoms with Gasteiger partial charge in [-0.1, -0.05) is 0 Å². The molecule has 0 saturated carbocycles. The molecule has 68 valence electrons. The minimum Gasteiger partial charge on any atom is -0.471 e. The highest BCUT2D eigenvalue weighted by atomic mass is 32.2. The molecule has 5 heteroatoms. The molecule has 1 aromatic carbocycles. The standard InChI is InChI=1S/C8H6O4S/c9-13(10,11)8-2-1-6-4-12-5-7(6)3-8/h1-5H,(H,9,10,11). The fourth-order valence-corrected chi connectivity index (χ4v) is 1.62. The van der Waals surface area contributed by atoms with Gasteiger partial charge in [0.2, 0.25) is 0 Å². The molecule has 1 heterocycles. The minimum atomic E-state index is -4.11. The van der Waals surface area contributed by atoms with Crippen LogP contribution in [0.1, 0.15) is 0 Å². The molecule has 0 fully saturated rings.